The zero-order chi connectivity index (χ0) is 25.4. The lowest BCUT2D eigenvalue weighted by molar-refractivity contribution is -0.0747. The number of ketones is 1. The number of ether oxygens (including phenoxy) is 2. The van der Waals surface area contributed by atoms with Crippen molar-refractivity contribution in [2.75, 3.05) is 19.8 Å². The second-order valence-corrected chi connectivity index (χ2v) is 10.1. The molecule has 2 heterocycles. The van der Waals surface area contributed by atoms with Crippen molar-refractivity contribution in [3.63, 3.8) is 0 Å². The maximum absolute atomic E-state index is 13.4. The highest BCUT2D eigenvalue weighted by Crippen LogP contribution is 2.44. The first-order chi connectivity index (χ1) is 18.1. The van der Waals surface area contributed by atoms with Crippen molar-refractivity contribution < 1.29 is 19.1 Å². The molecule has 3 aromatic rings. The van der Waals surface area contributed by atoms with E-state index in [4.69, 9.17) is 14.7 Å². The lowest BCUT2D eigenvalue weighted by atomic mass is 9.80. The Morgan fingerprint density at radius 1 is 0.892 bits per heavy atom. The van der Waals surface area contributed by atoms with Gasteiger partial charge in [0.15, 0.2) is 5.78 Å². The fourth-order valence-electron chi connectivity index (χ4n) is 6.21. The Bertz CT molecular complexity index is 1320. The molecule has 2 aliphatic heterocycles. The molecule has 6 rings (SSSR count). The van der Waals surface area contributed by atoms with Gasteiger partial charge in [-0.15, -0.1) is 0 Å². The van der Waals surface area contributed by atoms with Gasteiger partial charge < -0.3 is 9.47 Å². The third-order valence-corrected chi connectivity index (χ3v) is 7.96. The van der Waals surface area contributed by atoms with Gasteiger partial charge in [0.25, 0.3) is 0 Å². The molecule has 3 aliphatic rings. The molecule has 0 spiro atoms. The topological polar surface area (TPSA) is 79.6 Å². The quantitative estimate of drug-likeness (QED) is 0.448. The van der Waals surface area contributed by atoms with E-state index in [1.165, 1.54) is 22.3 Å². The van der Waals surface area contributed by atoms with Crippen molar-refractivity contribution in [2.24, 2.45) is 5.92 Å². The van der Waals surface area contributed by atoms with Gasteiger partial charge in [0.2, 0.25) is 0 Å². The summed E-state index contributed by atoms with van der Waals surface area (Å²) in [5.41, 5.74) is 6.32. The molecule has 2 fully saturated rings. The number of hydrogen-bond acceptors (Lipinski definition) is 5. The number of fused-ring (bicyclic) bond motifs is 5. The summed E-state index contributed by atoms with van der Waals surface area (Å²) in [5.74, 6) is -0.0680. The summed E-state index contributed by atoms with van der Waals surface area (Å²) in [7, 11) is 0. The van der Waals surface area contributed by atoms with Crippen molar-refractivity contribution in [1.29, 1.82) is 5.26 Å². The minimum Gasteiger partial charge on any atom is -0.448 e. The van der Waals surface area contributed by atoms with E-state index in [-0.39, 0.29) is 42.4 Å². The lowest BCUT2D eigenvalue weighted by Crippen LogP contribution is -2.60. The second kappa shape index (κ2) is 9.84. The molecule has 1 aliphatic carbocycles. The number of Topliss-reactive ketones (excluding diaryl/α,β-unsaturated/α-hetero) is 1. The third kappa shape index (κ3) is 4.30. The van der Waals surface area contributed by atoms with Crippen LogP contribution in [-0.4, -0.2) is 48.7 Å². The van der Waals surface area contributed by atoms with Crippen LogP contribution < -0.4 is 0 Å². The zero-order valence-electron chi connectivity index (χ0n) is 20.5. The van der Waals surface area contributed by atoms with Crippen LogP contribution in [0.25, 0.3) is 11.1 Å². The van der Waals surface area contributed by atoms with Crippen molar-refractivity contribution in [3.05, 3.63) is 95.1 Å². The molecule has 0 radical (unpaired) electrons. The number of carbonyl (C=O) groups excluding carboxylic acids is 2. The van der Waals surface area contributed by atoms with Crippen LogP contribution >= 0.6 is 0 Å². The molecule has 2 atom stereocenters. The van der Waals surface area contributed by atoms with Crippen LogP contribution in [0.5, 0.6) is 0 Å². The first-order valence-electron chi connectivity index (χ1n) is 12.8. The highest BCUT2D eigenvalue weighted by atomic mass is 16.6. The molecule has 6 nitrogen and oxygen atoms in total. The van der Waals surface area contributed by atoms with Crippen LogP contribution in [0, 0.1) is 17.2 Å². The molecule has 2 bridgehead atoms. The largest absolute Gasteiger partial charge is 0.448 e. The molecule has 2 unspecified atom stereocenters. The number of hydrogen-bond donors (Lipinski definition) is 0. The van der Waals surface area contributed by atoms with Gasteiger partial charge in [-0.2, -0.15) is 5.26 Å². The molecule has 1 amide bonds. The Morgan fingerprint density at radius 3 is 2.08 bits per heavy atom. The van der Waals surface area contributed by atoms with E-state index in [2.05, 4.69) is 30.3 Å². The second-order valence-electron chi connectivity index (χ2n) is 10.1. The molecule has 186 valence electrons. The number of piperidine rings is 1. The first kappa shape index (κ1) is 23.4. The van der Waals surface area contributed by atoms with Crippen LogP contribution in [0.3, 0.4) is 0 Å². The average molecular weight is 493 g/mol. The summed E-state index contributed by atoms with van der Waals surface area (Å²) in [6.07, 6.45) is 1.11. The Balaban J connectivity index is 1.14. The summed E-state index contributed by atoms with van der Waals surface area (Å²) >= 11 is 0. The molecule has 0 aromatic heterocycles. The molecular formula is C31H28N2O4. The molecule has 37 heavy (non-hydrogen) atoms. The van der Waals surface area contributed by atoms with E-state index in [0.717, 1.165) is 5.56 Å². The van der Waals surface area contributed by atoms with E-state index >= 15 is 0 Å². The molecule has 0 saturated carbocycles. The van der Waals surface area contributed by atoms with Gasteiger partial charge in [0.05, 0.1) is 37.8 Å². The Kier molecular flexibility index (Phi) is 6.23. The van der Waals surface area contributed by atoms with Gasteiger partial charge in [0.1, 0.15) is 6.61 Å². The van der Waals surface area contributed by atoms with Gasteiger partial charge in [-0.1, -0.05) is 72.8 Å². The number of benzene rings is 3. The minimum absolute atomic E-state index is 0.00978. The average Bonchev–Trinajstić information content (AvgIpc) is 3.25. The number of morpholine rings is 1. The third-order valence-electron chi connectivity index (χ3n) is 7.96. The van der Waals surface area contributed by atoms with Crippen LogP contribution in [0.15, 0.2) is 72.8 Å². The predicted octanol–water partition coefficient (Wildman–Crippen LogP) is 5.36. The maximum Gasteiger partial charge on any atom is 0.410 e. The van der Waals surface area contributed by atoms with E-state index in [1.54, 1.807) is 12.1 Å². The molecule has 2 saturated heterocycles. The molecule has 3 aromatic carbocycles. The van der Waals surface area contributed by atoms with E-state index in [0.29, 0.717) is 38.0 Å². The molecule has 6 heteroatoms. The van der Waals surface area contributed by atoms with Gasteiger partial charge in [-0.05, 0) is 40.7 Å². The maximum atomic E-state index is 13.4. The molecular weight excluding hydrogens is 464 g/mol. The monoisotopic (exact) mass is 492 g/mol. The van der Waals surface area contributed by atoms with Crippen LogP contribution in [0.1, 0.15) is 45.8 Å². The van der Waals surface area contributed by atoms with Crippen LogP contribution in [0.2, 0.25) is 0 Å². The number of amides is 1. The number of carbonyl (C=O) groups is 2. The highest BCUT2D eigenvalue weighted by molar-refractivity contribution is 5.98. The first-order valence-corrected chi connectivity index (χ1v) is 12.8. The van der Waals surface area contributed by atoms with Gasteiger partial charge in [-0.25, -0.2) is 4.79 Å². The van der Waals surface area contributed by atoms with Gasteiger partial charge in [-0.3, -0.25) is 9.69 Å². The van der Waals surface area contributed by atoms with Crippen molar-refractivity contribution >= 4 is 11.9 Å². The summed E-state index contributed by atoms with van der Waals surface area (Å²) in [6.45, 7) is 1.10. The van der Waals surface area contributed by atoms with Crippen LogP contribution in [0.4, 0.5) is 4.79 Å². The van der Waals surface area contributed by atoms with Crippen molar-refractivity contribution in [3.8, 4) is 17.2 Å². The fourth-order valence-corrected chi connectivity index (χ4v) is 6.21. The summed E-state index contributed by atoms with van der Waals surface area (Å²) < 4.78 is 11.7. The SMILES string of the molecule is N#CCc1ccc(C(=O)C2CC3COCC(C2)N3C(=O)OCC2c3ccccc3-c3ccccc32)cc1. The fraction of sp³-hybridized carbons (Fsp3) is 0.323. The molecule has 0 N–H and O–H groups in total. The van der Waals surface area contributed by atoms with Crippen molar-refractivity contribution in [2.45, 2.75) is 37.3 Å². The van der Waals surface area contributed by atoms with Gasteiger partial charge >= 0.3 is 6.09 Å². The van der Waals surface area contributed by atoms with E-state index < -0.39 is 0 Å². The minimum atomic E-state index is -0.327. The summed E-state index contributed by atoms with van der Waals surface area (Å²) in [6, 6.07) is 25.6. The Labute approximate surface area is 216 Å². The zero-order valence-corrected chi connectivity index (χ0v) is 20.5. The van der Waals surface area contributed by atoms with Crippen LogP contribution in [-0.2, 0) is 15.9 Å². The Morgan fingerprint density at radius 2 is 1.49 bits per heavy atom. The predicted molar refractivity (Wildman–Crippen MR) is 138 cm³/mol. The van der Waals surface area contributed by atoms with Gasteiger partial charge in [0, 0.05) is 17.4 Å². The number of rotatable bonds is 5. The van der Waals surface area contributed by atoms with E-state index in [1.807, 2.05) is 41.3 Å². The lowest BCUT2D eigenvalue weighted by Gasteiger charge is -2.47. The Hall–Kier alpha value is -3.95. The number of nitrogens with zero attached hydrogens (tertiary/aromatic N) is 2. The summed E-state index contributed by atoms with van der Waals surface area (Å²) in [5, 5.41) is 8.88. The van der Waals surface area contributed by atoms with E-state index in [9.17, 15) is 9.59 Å². The number of nitriles is 1. The normalized spacial score (nSPS) is 22.0. The van der Waals surface area contributed by atoms with Crippen molar-refractivity contribution in [1.82, 2.24) is 4.90 Å². The standard InChI is InChI=1S/C31H28N2O4/c32-14-13-20-9-11-21(12-10-20)30(34)22-15-23-17-36-18-24(16-22)33(23)31(35)37-19-29-27-7-3-1-5-25(27)26-6-2-4-8-28(26)29/h1-12,22-24,29H,13,15-19H2. The summed E-state index contributed by atoms with van der Waals surface area (Å²) in [4.78, 5) is 28.5. The smallest absolute Gasteiger partial charge is 0.410 e. The highest BCUT2D eigenvalue weighted by Gasteiger charge is 2.45.